The minimum absolute atomic E-state index is 0.00581. The van der Waals surface area contributed by atoms with Crippen molar-refractivity contribution >= 4 is 5.91 Å². The van der Waals surface area contributed by atoms with Crippen molar-refractivity contribution in [2.75, 3.05) is 6.61 Å². The summed E-state index contributed by atoms with van der Waals surface area (Å²) in [6, 6.07) is 7.36. The first-order valence-electron chi connectivity index (χ1n) is 7.24. The second-order valence-electron chi connectivity index (χ2n) is 5.62. The molecule has 1 saturated carbocycles. The number of nitrogens with one attached hydrogen (secondary N) is 1. The SMILES string of the molecule is O=C(NC1(CO)CCCC1)c1ccc(-n2ccnc2)cc1. The largest absolute Gasteiger partial charge is 0.394 e. The van der Waals surface area contributed by atoms with Crippen LogP contribution in [0.25, 0.3) is 5.69 Å². The Kier molecular flexibility index (Phi) is 3.75. The van der Waals surface area contributed by atoms with Gasteiger partial charge in [0.2, 0.25) is 0 Å². The van der Waals surface area contributed by atoms with Crippen LogP contribution in [0.1, 0.15) is 36.0 Å². The van der Waals surface area contributed by atoms with Crippen molar-refractivity contribution < 1.29 is 9.90 Å². The van der Waals surface area contributed by atoms with Gasteiger partial charge in [0.15, 0.2) is 0 Å². The fraction of sp³-hybridized carbons (Fsp3) is 0.375. The van der Waals surface area contributed by atoms with Crippen LogP contribution in [-0.2, 0) is 0 Å². The van der Waals surface area contributed by atoms with E-state index >= 15 is 0 Å². The molecule has 0 saturated heterocycles. The first-order valence-corrected chi connectivity index (χ1v) is 7.24. The average molecular weight is 285 g/mol. The topological polar surface area (TPSA) is 67.2 Å². The first-order chi connectivity index (χ1) is 10.2. The molecule has 1 aromatic heterocycles. The van der Waals surface area contributed by atoms with E-state index in [9.17, 15) is 9.90 Å². The highest BCUT2D eigenvalue weighted by atomic mass is 16.3. The lowest BCUT2D eigenvalue weighted by Gasteiger charge is -2.28. The fourth-order valence-electron chi connectivity index (χ4n) is 2.88. The van der Waals surface area contributed by atoms with Crippen LogP contribution < -0.4 is 5.32 Å². The van der Waals surface area contributed by atoms with Crippen molar-refractivity contribution in [1.29, 1.82) is 0 Å². The molecular weight excluding hydrogens is 266 g/mol. The van der Waals surface area contributed by atoms with Gasteiger partial charge in [0.1, 0.15) is 0 Å². The van der Waals surface area contributed by atoms with Gasteiger partial charge >= 0.3 is 0 Å². The van der Waals surface area contributed by atoms with Crippen LogP contribution in [-0.4, -0.2) is 32.7 Å². The highest BCUT2D eigenvalue weighted by Crippen LogP contribution is 2.29. The molecule has 21 heavy (non-hydrogen) atoms. The molecule has 5 heteroatoms. The molecule has 1 amide bonds. The van der Waals surface area contributed by atoms with Gasteiger partial charge in [-0.15, -0.1) is 0 Å². The zero-order chi connectivity index (χ0) is 14.7. The van der Waals surface area contributed by atoms with E-state index in [0.29, 0.717) is 5.56 Å². The Morgan fingerprint density at radius 1 is 1.29 bits per heavy atom. The Hall–Kier alpha value is -2.14. The van der Waals surface area contributed by atoms with Crippen molar-refractivity contribution in [2.45, 2.75) is 31.2 Å². The summed E-state index contributed by atoms with van der Waals surface area (Å²) in [5.74, 6) is -0.122. The van der Waals surface area contributed by atoms with Gasteiger partial charge in [-0.2, -0.15) is 0 Å². The molecule has 0 spiro atoms. The van der Waals surface area contributed by atoms with Crippen LogP contribution in [0.4, 0.5) is 0 Å². The predicted molar refractivity (Wildman–Crippen MR) is 79.3 cm³/mol. The molecule has 2 N–H and O–H groups in total. The minimum Gasteiger partial charge on any atom is -0.394 e. The predicted octanol–water partition coefficient (Wildman–Crippen LogP) is 1.91. The van der Waals surface area contributed by atoms with Gasteiger partial charge in [0, 0.05) is 23.6 Å². The van der Waals surface area contributed by atoms with Crippen LogP contribution in [0, 0.1) is 0 Å². The number of amides is 1. The van der Waals surface area contributed by atoms with Gasteiger partial charge in [-0.1, -0.05) is 12.8 Å². The van der Waals surface area contributed by atoms with E-state index in [4.69, 9.17) is 0 Å². The summed E-state index contributed by atoms with van der Waals surface area (Å²) in [6.07, 6.45) is 9.10. The summed E-state index contributed by atoms with van der Waals surface area (Å²) < 4.78 is 1.88. The number of benzene rings is 1. The van der Waals surface area contributed by atoms with Gasteiger partial charge in [-0.3, -0.25) is 4.79 Å². The van der Waals surface area contributed by atoms with Crippen molar-refractivity contribution in [1.82, 2.24) is 14.9 Å². The normalized spacial score (nSPS) is 16.8. The van der Waals surface area contributed by atoms with Crippen LogP contribution in [0.15, 0.2) is 43.0 Å². The lowest BCUT2D eigenvalue weighted by Crippen LogP contribution is -2.49. The number of hydrogen-bond acceptors (Lipinski definition) is 3. The summed E-state index contributed by atoms with van der Waals surface area (Å²) in [4.78, 5) is 16.3. The molecular formula is C16H19N3O2. The van der Waals surface area contributed by atoms with Gasteiger partial charge < -0.3 is 15.0 Å². The van der Waals surface area contributed by atoms with Gasteiger partial charge in [0.05, 0.1) is 18.5 Å². The first kappa shape index (κ1) is 13.8. The van der Waals surface area contributed by atoms with Gasteiger partial charge in [0.25, 0.3) is 5.91 Å². The number of carbonyl (C=O) groups is 1. The molecule has 5 nitrogen and oxygen atoms in total. The second kappa shape index (κ2) is 5.69. The minimum atomic E-state index is -0.430. The van der Waals surface area contributed by atoms with Crippen LogP contribution in [0.3, 0.4) is 0 Å². The molecule has 1 aliphatic carbocycles. The maximum atomic E-state index is 12.3. The number of hydrogen-bond donors (Lipinski definition) is 2. The van der Waals surface area contributed by atoms with E-state index in [-0.39, 0.29) is 12.5 Å². The van der Waals surface area contributed by atoms with Crippen molar-refractivity contribution in [3.8, 4) is 5.69 Å². The Balaban J connectivity index is 1.73. The fourth-order valence-corrected chi connectivity index (χ4v) is 2.88. The van der Waals surface area contributed by atoms with Crippen LogP contribution in [0.2, 0.25) is 0 Å². The van der Waals surface area contributed by atoms with E-state index in [0.717, 1.165) is 31.4 Å². The molecule has 1 heterocycles. The van der Waals surface area contributed by atoms with Crippen LogP contribution in [0.5, 0.6) is 0 Å². The third-order valence-corrected chi connectivity index (χ3v) is 4.17. The summed E-state index contributed by atoms with van der Waals surface area (Å²) >= 11 is 0. The maximum Gasteiger partial charge on any atom is 0.251 e. The lowest BCUT2D eigenvalue weighted by molar-refractivity contribution is 0.0838. The number of aromatic nitrogens is 2. The Morgan fingerprint density at radius 2 is 2.00 bits per heavy atom. The molecule has 0 bridgehead atoms. The highest BCUT2D eigenvalue weighted by Gasteiger charge is 2.34. The number of nitrogens with zero attached hydrogens (tertiary/aromatic N) is 2. The standard InChI is InChI=1S/C16H19N3O2/c20-11-16(7-1-2-8-16)18-15(21)13-3-5-14(6-4-13)19-10-9-17-12-19/h3-6,9-10,12,20H,1-2,7-8,11H2,(H,18,21). The van der Waals surface area contributed by atoms with Crippen molar-refractivity contribution in [2.24, 2.45) is 0 Å². The number of rotatable bonds is 4. The zero-order valence-electron chi connectivity index (χ0n) is 11.8. The van der Waals surface area contributed by atoms with Gasteiger partial charge in [-0.05, 0) is 37.1 Å². The van der Waals surface area contributed by atoms with Crippen molar-refractivity contribution in [3.05, 3.63) is 48.5 Å². The molecule has 0 aliphatic heterocycles. The molecule has 1 aliphatic rings. The van der Waals surface area contributed by atoms with E-state index in [1.54, 1.807) is 24.7 Å². The van der Waals surface area contributed by atoms with E-state index in [2.05, 4.69) is 10.3 Å². The molecule has 1 aromatic carbocycles. The molecule has 1 fully saturated rings. The van der Waals surface area contributed by atoms with Crippen LogP contribution >= 0.6 is 0 Å². The van der Waals surface area contributed by atoms with Gasteiger partial charge in [-0.25, -0.2) is 4.98 Å². The molecule has 0 atom stereocenters. The molecule has 0 radical (unpaired) electrons. The highest BCUT2D eigenvalue weighted by molar-refractivity contribution is 5.94. The number of aliphatic hydroxyl groups is 1. The third kappa shape index (κ3) is 2.83. The zero-order valence-corrected chi connectivity index (χ0v) is 11.8. The monoisotopic (exact) mass is 285 g/mol. The Morgan fingerprint density at radius 3 is 2.57 bits per heavy atom. The summed E-state index contributed by atoms with van der Waals surface area (Å²) in [7, 11) is 0. The third-order valence-electron chi connectivity index (χ3n) is 4.17. The second-order valence-corrected chi connectivity index (χ2v) is 5.62. The number of imidazole rings is 1. The van der Waals surface area contributed by atoms with E-state index in [1.165, 1.54) is 0 Å². The lowest BCUT2D eigenvalue weighted by atomic mass is 9.98. The summed E-state index contributed by atoms with van der Waals surface area (Å²) in [5.41, 5.74) is 1.14. The van der Waals surface area contributed by atoms with E-state index in [1.807, 2.05) is 22.9 Å². The molecule has 2 aromatic rings. The molecule has 3 rings (SSSR count). The smallest absolute Gasteiger partial charge is 0.251 e. The quantitative estimate of drug-likeness (QED) is 0.901. The average Bonchev–Trinajstić information content (AvgIpc) is 3.19. The van der Waals surface area contributed by atoms with E-state index < -0.39 is 5.54 Å². The molecule has 0 unspecified atom stereocenters. The van der Waals surface area contributed by atoms with Crippen molar-refractivity contribution in [3.63, 3.8) is 0 Å². The maximum absolute atomic E-state index is 12.3. The number of aliphatic hydroxyl groups excluding tert-OH is 1. The Labute approximate surface area is 123 Å². The molecule has 110 valence electrons. The summed E-state index contributed by atoms with van der Waals surface area (Å²) in [6.45, 7) is 0.00581. The number of carbonyl (C=O) groups excluding carboxylic acids is 1. The summed E-state index contributed by atoms with van der Waals surface area (Å²) in [5, 5.41) is 12.6. The Bertz CT molecular complexity index is 599.